The summed E-state index contributed by atoms with van der Waals surface area (Å²) in [6, 6.07) is 1.67. The van der Waals surface area contributed by atoms with Gasteiger partial charge in [-0.3, -0.25) is 0 Å². The number of hydrogen-bond donors (Lipinski definition) is 1. The molecule has 1 N–H and O–H groups in total. The van der Waals surface area contributed by atoms with E-state index in [1.54, 1.807) is 0 Å². The molecule has 76 valence electrons. The minimum Gasteiger partial charge on any atom is -0.313 e. The molecule has 13 heavy (non-hydrogen) atoms. The van der Waals surface area contributed by atoms with Crippen molar-refractivity contribution in [2.24, 2.45) is 5.92 Å². The van der Waals surface area contributed by atoms with Gasteiger partial charge in [-0.2, -0.15) is 0 Å². The molecule has 2 fully saturated rings. The molecule has 0 aromatic carbocycles. The molecule has 1 unspecified atom stereocenters. The predicted molar refractivity (Wildman–Crippen MR) is 55.8 cm³/mol. The van der Waals surface area contributed by atoms with E-state index in [2.05, 4.69) is 24.2 Å². The normalized spacial score (nSPS) is 25.2. The van der Waals surface area contributed by atoms with Crippen LogP contribution in [0.2, 0.25) is 0 Å². The quantitative estimate of drug-likeness (QED) is 0.669. The van der Waals surface area contributed by atoms with Crippen LogP contribution >= 0.6 is 0 Å². The average Bonchev–Trinajstić information content (AvgIpc) is 2.95. The van der Waals surface area contributed by atoms with E-state index in [1.165, 1.54) is 38.8 Å². The van der Waals surface area contributed by atoms with Crippen LogP contribution in [0, 0.1) is 5.92 Å². The largest absolute Gasteiger partial charge is 0.313 e. The Kier molecular flexibility index (Phi) is 2.89. The second-order valence-electron chi connectivity index (χ2n) is 4.79. The van der Waals surface area contributed by atoms with Crippen LogP contribution < -0.4 is 5.32 Å². The van der Waals surface area contributed by atoms with Gasteiger partial charge in [0.2, 0.25) is 0 Å². The first-order chi connectivity index (χ1) is 6.27. The molecule has 0 saturated heterocycles. The molecule has 1 atom stereocenters. The van der Waals surface area contributed by atoms with E-state index in [1.807, 2.05) is 0 Å². The van der Waals surface area contributed by atoms with Crippen molar-refractivity contribution in [2.75, 3.05) is 20.1 Å². The summed E-state index contributed by atoms with van der Waals surface area (Å²) in [6.07, 6.45) is 5.75. The Bertz CT molecular complexity index is 143. The highest BCUT2D eigenvalue weighted by Gasteiger charge is 2.28. The van der Waals surface area contributed by atoms with Crippen LogP contribution in [0.4, 0.5) is 0 Å². The van der Waals surface area contributed by atoms with Crippen molar-refractivity contribution in [3.05, 3.63) is 0 Å². The average molecular weight is 182 g/mol. The maximum Gasteiger partial charge on any atom is 0.0107 e. The first kappa shape index (κ1) is 9.47. The molecule has 2 aliphatic rings. The second-order valence-corrected chi connectivity index (χ2v) is 4.79. The third kappa shape index (κ3) is 2.96. The first-order valence-corrected chi connectivity index (χ1v) is 5.71. The Hall–Kier alpha value is -0.0800. The summed E-state index contributed by atoms with van der Waals surface area (Å²) in [4.78, 5) is 2.49. The van der Waals surface area contributed by atoms with Crippen LogP contribution in [-0.4, -0.2) is 37.1 Å². The molecule has 0 amide bonds. The molecule has 2 rings (SSSR count). The summed E-state index contributed by atoms with van der Waals surface area (Å²) >= 11 is 0. The smallest absolute Gasteiger partial charge is 0.0107 e. The van der Waals surface area contributed by atoms with E-state index in [-0.39, 0.29) is 0 Å². The summed E-state index contributed by atoms with van der Waals surface area (Å²) < 4.78 is 0. The maximum atomic E-state index is 3.62. The topological polar surface area (TPSA) is 15.3 Å². The Morgan fingerprint density at radius 1 is 1.31 bits per heavy atom. The fraction of sp³-hybridized carbons (Fsp3) is 1.00. The third-order valence-corrected chi connectivity index (χ3v) is 3.43. The van der Waals surface area contributed by atoms with E-state index in [0.717, 1.165) is 18.0 Å². The van der Waals surface area contributed by atoms with Crippen LogP contribution in [0.15, 0.2) is 0 Å². The van der Waals surface area contributed by atoms with Gasteiger partial charge in [-0.25, -0.2) is 0 Å². The standard InChI is InChI=1S/C11H22N2/c1-9(10-3-4-10)12-7-8-13(2)11-5-6-11/h9-12H,3-8H2,1-2H3. The summed E-state index contributed by atoms with van der Waals surface area (Å²) in [6.45, 7) is 4.72. The highest BCUT2D eigenvalue weighted by atomic mass is 15.2. The second kappa shape index (κ2) is 3.97. The number of likely N-dealkylation sites (N-methyl/N-ethyl adjacent to an activating group) is 1. The SMILES string of the molecule is CC(NCCN(C)C1CC1)C1CC1. The highest BCUT2D eigenvalue weighted by Crippen LogP contribution is 2.32. The molecular formula is C11H22N2. The van der Waals surface area contributed by atoms with E-state index in [4.69, 9.17) is 0 Å². The number of nitrogens with one attached hydrogen (secondary N) is 1. The monoisotopic (exact) mass is 182 g/mol. The minimum atomic E-state index is 0.757. The van der Waals surface area contributed by atoms with Gasteiger partial charge in [0.15, 0.2) is 0 Å². The van der Waals surface area contributed by atoms with Crippen molar-refractivity contribution in [2.45, 2.75) is 44.7 Å². The Morgan fingerprint density at radius 2 is 2.00 bits per heavy atom. The summed E-state index contributed by atoms with van der Waals surface area (Å²) in [5.41, 5.74) is 0. The molecule has 0 aromatic heterocycles. The third-order valence-electron chi connectivity index (χ3n) is 3.43. The van der Waals surface area contributed by atoms with Crippen molar-refractivity contribution in [1.82, 2.24) is 10.2 Å². The summed E-state index contributed by atoms with van der Waals surface area (Å²) in [7, 11) is 2.25. The van der Waals surface area contributed by atoms with Gasteiger partial charge in [-0.05, 0) is 45.6 Å². The van der Waals surface area contributed by atoms with Gasteiger partial charge in [-0.15, -0.1) is 0 Å². The minimum absolute atomic E-state index is 0.757. The van der Waals surface area contributed by atoms with Gasteiger partial charge in [0, 0.05) is 25.2 Å². The van der Waals surface area contributed by atoms with Gasteiger partial charge in [-0.1, -0.05) is 0 Å². The fourth-order valence-corrected chi connectivity index (χ4v) is 1.93. The van der Waals surface area contributed by atoms with Gasteiger partial charge in [0.05, 0.1) is 0 Å². The van der Waals surface area contributed by atoms with E-state index in [0.29, 0.717) is 0 Å². The molecule has 2 heteroatoms. The highest BCUT2D eigenvalue weighted by molar-refractivity contribution is 4.85. The molecule has 0 aromatic rings. The van der Waals surface area contributed by atoms with Crippen LogP contribution in [0.3, 0.4) is 0 Å². The first-order valence-electron chi connectivity index (χ1n) is 5.71. The van der Waals surface area contributed by atoms with Crippen LogP contribution in [0.1, 0.15) is 32.6 Å². The number of nitrogens with zero attached hydrogens (tertiary/aromatic N) is 1. The molecule has 0 aliphatic heterocycles. The van der Waals surface area contributed by atoms with Crippen molar-refractivity contribution < 1.29 is 0 Å². The summed E-state index contributed by atoms with van der Waals surface area (Å²) in [5, 5.41) is 3.62. The summed E-state index contributed by atoms with van der Waals surface area (Å²) in [5.74, 6) is 0.992. The number of rotatable bonds is 6. The lowest BCUT2D eigenvalue weighted by Gasteiger charge is -2.18. The predicted octanol–water partition coefficient (Wildman–Crippen LogP) is 1.47. The molecule has 0 heterocycles. The molecular weight excluding hydrogens is 160 g/mol. The van der Waals surface area contributed by atoms with Crippen LogP contribution in [0.5, 0.6) is 0 Å². The maximum absolute atomic E-state index is 3.62. The van der Waals surface area contributed by atoms with Gasteiger partial charge in [0.25, 0.3) is 0 Å². The molecule has 0 spiro atoms. The van der Waals surface area contributed by atoms with E-state index in [9.17, 15) is 0 Å². The van der Waals surface area contributed by atoms with Gasteiger partial charge >= 0.3 is 0 Å². The van der Waals surface area contributed by atoms with Crippen LogP contribution in [0.25, 0.3) is 0 Å². The lowest BCUT2D eigenvalue weighted by atomic mass is 10.2. The fourth-order valence-electron chi connectivity index (χ4n) is 1.93. The molecule has 2 saturated carbocycles. The van der Waals surface area contributed by atoms with Crippen molar-refractivity contribution in [1.29, 1.82) is 0 Å². The van der Waals surface area contributed by atoms with Gasteiger partial charge in [0.1, 0.15) is 0 Å². The van der Waals surface area contributed by atoms with Gasteiger partial charge < -0.3 is 10.2 Å². The molecule has 2 aliphatic carbocycles. The number of hydrogen-bond acceptors (Lipinski definition) is 2. The lowest BCUT2D eigenvalue weighted by molar-refractivity contribution is 0.312. The zero-order chi connectivity index (χ0) is 9.26. The molecule has 0 bridgehead atoms. The Balaban J connectivity index is 1.51. The zero-order valence-corrected chi connectivity index (χ0v) is 8.92. The molecule has 2 nitrogen and oxygen atoms in total. The van der Waals surface area contributed by atoms with Crippen molar-refractivity contribution in [3.63, 3.8) is 0 Å². The lowest BCUT2D eigenvalue weighted by Crippen LogP contribution is -2.36. The zero-order valence-electron chi connectivity index (χ0n) is 8.92. The molecule has 0 radical (unpaired) electrons. The van der Waals surface area contributed by atoms with Crippen molar-refractivity contribution >= 4 is 0 Å². The Labute approximate surface area is 81.7 Å². The van der Waals surface area contributed by atoms with E-state index < -0.39 is 0 Å². The van der Waals surface area contributed by atoms with Crippen molar-refractivity contribution in [3.8, 4) is 0 Å². The van der Waals surface area contributed by atoms with E-state index >= 15 is 0 Å². The van der Waals surface area contributed by atoms with Crippen LogP contribution in [-0.2, 0) is 0 Å². The Morgan fingerprint density at radius 3 is 2.54 bits per heavy atom.